The van der Waals surface area contributed by atoms with Gasteiger partial charge in [-0.25, -0.2) is 0 Å². The third-order valence-electron chi connectivity index (χ3n) is 10.6. The zero-order valence-corrected chi connectivity index (χ0v) is 39.1. The van der Waals surface area contributed by atoms with Crippen LogP contribution in [0.15, 0.2) is 24.3 Å². The van der Waals surface area contributed by atoms with Gasteiger partial charge < -0.3 is 9.64 Å². The van der Waals surface area contributed by atoms with Crippen LogP contribution < -0.4 is 0 Å². The van der Waals surface area contributed by atoms with E-state index in [4.69, 9.17) is 4.74 Å². The number of hydrogen-bond donors (Lipinski definition) is 0. The maximum atomic E-state index is 12.6. The Balaban J connectivity index is 4.04. The molecule has 56 heavy (non-hydrogen) atoms. The number of nitrogens with zero attached hydrogens (tertiary/aromatic N) is 1. The summed E-state index contributed by atoms with van der Waals surface area (Å²) in [6.07, 6.45) is 48.1. The van der Waals surface area contributed by atoms with E-state index in [1.807, 2.05) is 14.1 Å². The highest BCUT2D eigenvalue weighted by molar-refractivity contribution is 8.14. The summed E-state index contributed by atoms with van der Waals surface area (Å²) in [6.45, 7) is 5.43. The van der Waals surface area contributed by atoms with Crippen LogP contribution in [0.3, 0.4) is 0 Å². The van der Waals surface area contributed by atoms with Gasteiger partial charge in [-0.3, -0.25) is 14.4 Å². The van der Waals surface area contributed by atoms with Crippen LogP contribution in [-0.4, -0.2) is 59.3 Å². The van der Waals surface area contributed by atoms with Crippen molar-refractivity contribution in [2.75, 3.05) is 32.1 Å². The number of hydrogen-bond acceptors (Lipinski definition) is 7. The Bertz CT molecular complexity index is 877. The first-order valence-corrected chi connectivity index (χ1v) is 25.8. The number of carbonyl (C=O) groups is 3. The lowest BCUT2D eigenvalue weighted by atomic mass is 10.0. The minimum Gasteiger partial charge on any atom is -0.462 e. The van der Waals surface area contributed by atoms with E-state index in [-0.39, 0.29) is 12.1 Å². The highest BCUT2D eigenvalue weighted by atomic mass is 32.2. The molecule has 0 aromatic carbocycles. The second-order valence-electron chi connectivity index (χ2n) is 16.5. The minimum atomic E-state index is -0.0603. The number of carbonyl (C=O) groups excluding carboxylic acids is 3. The Labute approximate surface area is 356 Å². The van der Waals surface area contributed by atoms with Gasteiger partial charge in [-0.05, 0) is 91.3 Å². The Morgan fingerprint density at radius 3 is 1.25 bits per heavy atom. The third-order valence-corrected chi connectivity index (χ3v) is 12.3. The lowest BCUT2D eigenvalue weighted by molar-refractivity contribution is -0.150. The van der Waals surface area contributed by atoms with Gasteiger partial charge in [-0.15, -0.1) is 0 Å². The van der Waals surface area contributed by atoms with E-state index < -0.39 is 0 Å². The molecule has 5 nitrogen and oxygen atoms in total. The molecule has 0 atom stereocenters. The molecule has 0 aromatic heterocycles. The summed E-state index contributed by atoms with van der Waals surface area (Å²) in [6, 6.07) is 0. The molecule has 0 radical (unpaired) electrons. The van der Waals surface area contributed by atoms with Crippen LogP contribution in [0.5, 0.6) is 0 Å². The summed E-state index contributed by atoms with van der Waals surface area (Å²) in [7, 11) is 4.07. The Hall–Kier alpha value is -1.05. The largest absolute Gasteiger partial charge is 0.462 e. The molecule has 0 aliphatic rings. The van der Waals surface area contributed by atoms with Crippen molar-refractivity contribution in [1.29, 1.82) is 0 Å². The van der Waals surface area contributed by atoms with Crippen molar-refractivity contribution in [3.63, 3.8) is 0 Å². The number of ether oxygens (including phenoxy) is 1. The van der Waals surface area contributed by atoms with Gasteiger partial charge in [0, 0.05) is 30.8 Å². The topological polar surface area (TPSA) is 63.7 Å². The average Bonchev–Trinajstić information content (AvgIpc) is 3.17. The SMILES string of the molecule is CCCCCCCCCC/C=C\CSC(=O)CCCCCCCC(CCCCCCCC(=O)SC/C=C\CCCCCCCCCC)OC(=O)CCCN(C)C. The second-order valence-corrected chi connectivity index (χ2v) is 18.6. The van der Waals surface area contributed by atoms with E-state index in [0.717, 1.165) is 114 Å². The number of thioether (sulfide) groups is 2. The number of esters is 1. The molecule has 0 unspecified atom stereocenters. The van der Waals surface area contributed by atoms with E-state index in [1.165, 1.54) is 126 Å². The highest BCUT2D eigenvalue weighted by Gasteiger charge is 2.14. The maximum Gasteiger partial charge on any atom is 0.306 e. The highest BCUT2D eigenvalue weighted by Crippen LogP contribution is 2.20. The smallest absolute Gasteiger partial charge is 0.306 e. The molecule has 0 saturated carbocycles. The van der Waals surface area contributed by atoms with E-state index in [0.29, 0.717) is 29.5 Å². The molecular weight excluding hydrogens is 731 g/mol. The van der Waals surface area contributed by atoms with Crippen LogP contribution in [-0.2, 0) is 19.1 Å². The van der Waals surface area contributed by atoms with Crippen LogP contribution in [0.4, 0.5) is 0 Å². The Kier molecular flexibility index (Phi) is 44.2. The predicted octanol–water partition coefficient (Wildman–Crippen LogP) is 15.4. The molecule has 0 bridgehead atoms. The van der Waals surface area contributed by atoms with E-state index >= 15 is 0 Å². The van der Waals surface area contributed by atoms with Gasteiger partial charge in [-0.2, -0.15) is 0 Å². The molecule has 328 valence electrons. The molecule has 0 amide bonds. The minimum absolute atomic E-state index is 0.00465. The van der Waals surface area contributed by atoms with E-state index in [9.17, 15) is 14.4 Å². The van der Waals surface area contributed by atoms with Crippen molar-refractivity contribution < 1.29 is 19.1 Å². The first kappa shape index (κ1) is 55.0. The van der Waals surface area contributed by atoms with Gasteiger partial charge >= 0.3 is 5.97 Å². The lowest BCUT2D eigenvalue weighted by Crippen LogP contribution is -2.20. The lowest BCUT2D eigenvalue weighted by Gasteiger charge is -2.18. The van der Waals surface area contributed by atoms with Gasteiger partial charge in [0.2, 0.25) is 0 Å². The van der Waals surface area contributed by atoms with Crippen LogP contribution >= 0.6 is 23.5 Å². The van der Waals surface area contributed by atoms with Crippen LogP contribution in [0.1, 0.15) is 232 Å². The van der Waals surface area contributed by atoms with Gasteiger partial charge in [0.1, 0.15) is 6.10 Å². The van der Waals surface area contributed by atoms with Crippen molar-refractivity contribution >= 4 is 39.7 Å². The normalized spacial score (nSPS) is 11.9. The van der Waals surface area contributed by atoms with Gasteiger partial charge in [0.15, 0.2) is 10.2 Å². The molecule has 0 saturated heterocycles. The summed E-state index contributed by atoms with van der Waals surface area (Å²) in [5, 5.41) is 0.640. The molecule has 0 aliphatic carbocycles. The summed E-state index contributed by atoms with van der Waals surface area (Å²) in [5.74, 6) is 1.55. The van der Waals surface area contributed by atoms with E-state index in [1.54, 1.807) is 0 Å². The zero-order valence-electron chi connectivity index (χ0n) is 37.4. The van der Waals surface area contributed by atoms with Crippen molar-refractivity contribution in [2.24, 2.45) is 0 Å². The van der Waals surface area contributed by atoms with Gasteiger partial charge in [0.25, 0.3) is 0 Å². The van der Waals surface area contributed by atoms with Crippen molar-refractivity contribution in [1.82, 2.24) is 4.90 Å². The van der Waals surface area contributed by atoms with Crippen molar-refractivity contribution in [3.8, 4) is 0 Å². The monoisotopic (exact) mass is 822 g/mol. The Morgan fingerprint density at radius 1 is 0.464 bits per heavy atom. The Morgan fingerprint density at radius 2 is 0.839 bits per heavy atom. The standard InChI is InChI=1S/C49H91NO4S2/c1-5-7-9-11-13-15-17-19-21-29-35-44-55-48(52)41-33-27-23-25-31-38-46(54-47(51)40-37-43-50(3)4)39-32-26-24-28-34-42-49(53)56-45-36-30-22-20-18-16-14-12-10-8-6-2/h29-30,35-36,46H,5-28,31-34,37-45H2,1-4H3/b35-29-,36-30-. The van der Waals surface area contributed by atoms with Gasteiger partial charge in [-0.1, -0.05) is 190 Å². The molecule has 0 rings (SSSR count). The number of rotatable bonds is 43. The predicted molar refractivity (Wildman–Crippen MR) is 250 cm³/mol. The van der Waals surface area contributed by atoms with Crippen molar-refractivity contribution in [2.45, 2.75) is 238 Å². The van der Waals surface area contributed by atoms with E-state index in [2.05, 4.69) is 43.1 Å². The van der Waals surface area contributed by atoms with Gasteiger partial charge in [0.05, 0.1) is 0 Å². The molecule has 7 heteroatoms. The average molecular weight is 822 g/mol. The fraction of sp³-hybridized carbons (Fsp3) is 0.857. The molecular formula is C49H91NO4S2. The van der Waals surface area contributed by atoms with Crippen LogP contribution in [0.25, 0.3) is 0 Å². The molecule has 0 aromatic rings. The molecule has 0 fully saturated rings. The third kappa shape index (κ3) is 44.1. The molecule has 0 aliphatic heterocycles. The first-order chi connectivity index (χ1) is 27.4. The fourth-order valence-corrected chi connectivity index (χ4v) is 8.39. The fourth-order valence-electron chi connectivity index (χ4n) is 6.98. The van der Waals surface area contributed by atoms with Crippen LogP contribution in [0.2, 0.25) is 0 Å². The van der Waals surface area contributed by atoms with Crippen molar-refractivity contribution in [3.05, 3.63) is 24.3 Å². The molecule has 0 N–H and O–H groups in total. The number of unbranched alkanes of at least 4 members (excludes halogenated alkanes) is 24. The van der Waals surface area contributed by atoms with Crippen LogP contribution in [0, 0.1) is 0 Å². The zero-order chi connectivity index (χ0) is 41.0. The summed E-state index contributed by atoms with van der Waals surface area (Å²) in [5.41, 5.74) is 0. The quantitative estimate of drug-likeness (QED) is 0.0345. The number of allylic oxidation sites excluding steroid dienone is 2. The molecule has 0 spiro atoms. The summed E-state index contributed by atoms with van der Waals surface area (Å²) < 4.78 is 5.98. The first-order valence-electron chi connectivity index (χ1n) is 23.8. The molecule has 0 heterocycles. The second kappa shape index (κ2) is 45.0. The summed E-state index contributed by atoms with van der Waals surface area (Å²) in [4.78, 5) is 39.3. The summed E-state index contributed by atoms with van der Waals surface area (Å²) >= 11 is 2.94. The maximum absolute atomic E-state index is 12.6.